The molecule has 206 valence electrons. The minimum absolute atomic E-state index is 0.247. The van der Waals surface area contributed by atoms with Gasteiger partial charge in [-0.25, -0.2) is 0 Å². The number of unbranched alkanes of at least 4 members (excludes halogenated alkanes) is 2. The SMILES string of the molecule is O=C(CCCCCN1CCN(c2cccc(C(F)(F)F)c2)CC1)N1Cc2ccc(CN3CCCC3)cc2C1. The zero-order valence-electron chi connectivity index (χ0n) is 22.2. The van der Waals surface area contributed by atoms with Crippen molar-refractivity contribution in [1.29, 1.82) is 0 Å². The fourth-order valence-electron chi connectivity index (χ4n) is 5.98. The Morgan fingerprint density at radius 3 is 2.32 bits per heavy atom. The summed E-state index contributed by atoms with van der Waals surface area (Å²) in [6.07, 6.45) is 1.83. The molecule has 0 radical (unpaired) electrons. The van der Waals surface area contributed by atoms with E-state index in [4.69, 9.17) is 0 Å². The van der Waals surface area contributed by atoms with Crippen LogP contribution in [0.25, 0.3) is 0 Å². The van der Waals surface area contributed by atoms with Gasteiger partial charge in [0, 0.05) is 57.9 Å². The molecule has 5 rings (SSSR count). The largest absolute Gasteiger partial charge is 0.416 e. The molecule has 38 heavy (non-hydrogen) atoms. The van der Waals surface area contributed by atoms with E-state index in [2.05, 4.69) is 28.0 Å². The third-order valence-corrected chi connectivity index (χ3v) is 8.23. The van der Waals surface area contributed by atoms with Crippen molar-refractivity contribution in [1.82, 2.24) is 14.7 Å². The number of nitrogens with zero attached hydrogens (tertiary/aromatic N) is 4. The number of fused-ring (bicyclic) bond motifs is 1. The van der Waals surface area contributed by atoms with Gasteiger partial charge in [0.05, 0.1) is 5.56 Å². The smallest absolute Gasteiger partial charge is 0.369 e. The van der Waals surface area contributed by atoms with Crippen LogP contribution in [0.1, 0.15) is 60.8 Å². The number of alkyl halides is 3. The van der Waals surface area contributed by atoms with Crippen LogP contribution in [0.15, 0.2) is 42.5 Å². The first kappa shape index (κ1) is 27.0. The summed E-state index contributed by atoms with van der Waals surface area (Å²) < 4.78 is 39.1. The van der Waals surface area contributed by atoms with E-state index in [1.165, 1.54) is 54.8 Å². The van der Waals surface area contributed by atoms with Crippen molar-refractivity contribution >= 4 is 11.6 Å². The molecular weight excluding hydrogens is 489 g/mol. The number of piperazine rings is 1. The summed E-state index contributed by atoms with van der Waals surface area (Å²) >= 11 is 0. The van der Waals surface area contributed by atoms with Crippen molar-refractivity contribution in [2.45, 2.75) is 64.3 Å². The van der Waals surface area contributed by atoms with Crippen LogP contribution in [0.2, 0.25) is 0 Å². The number of hydrogen-bond acceptors (Lipinski definition) is 4. The Hall–Kier alpha value is -2.58. The molecule has 8 heteroatoms. The van der Waals surface area contributed by atoms with Gasteiger partial charge in [0.15, 0.2) is 0 Å². The van der Waals surface area contributed by atoms with E-state index in [9.17, 15) is 18.0 Å². The molecule has 3 aliphatic rings. The van der Waals surface area contributed by atoms with E-state index in [-0.39, 0.29) is 5.91 Å². The predicted molar refractivity (Wildman–Crippen MR) is 144 cm³/mol. The van der Waals surface area contributed by atoms with Crippen LogP contribution in [-0.2, 0) is 30.6 Å². The van der Waals surface area contributed by atoms with Gasteiger partial charge in [0.25, 0.3) is 0 Å². The van der Waals surface area contributed by atoms with Gasteiger partial charge < -0.3 is 9.80 Å². The Kier molecular flexibility index (Phi) is 8.58. The molecule has 0 unspecified atom stereocenters. The minimum atomic E-state index is -4.31. The van der Waals surface area contributed by atoms with E-state index < -0.39 is 11.7 Å². The first-order valence-corrected chi connectivity index (χ1v) is 14.1. The van der Waals surface area contributed by atoms with Gasteiger partial charge in [-0.1, -0.05) is 30.7 Å². The fourth-order valence-corrected chi connectivity index (χ4v) is 5.98. The highest BCUT2D eigenvalue weighted by Gasteiger charge is 2.31. The monoisotopic (exact) mass is 528 g/mol. The third-order valence-electron chi connectivity index (χ3n) is 8.23. The molecule has 0 saturated carbocycles. The second-order valence-corrected chi connectivity index (χ2v) is 11.0. The summed E-state index contributed by atoms with van der Waals surface area (Å²) in [6.45, 7) is 9.00. The van der Waals surface area contributed by atoms with Gasteiger partial charge in [-0.2, -0.15) is 13.2 Å². The Bertz CT molecular complexity index is 1090. The molecule has 0 aliphatic carbocycles. The molecule has 0 spiro atoms. The van der Waals surface area contributed by atoms with Crippen molar-refractivity contribution in [3.05, 3.63) is 64.7 Å². The van der Waals surface area contributed by atoms with Gasteiger partial charge in [-0.3, -0.25) is 14.6 Å². The summed E-state index contributed by atoms with van der Waals surface area (Å²) in [5, 5.41) is 0. The van der Waals surface area contributed by atoms with E-state index in [0.29, 0.717) is 12.1 Å². The fraction of sp³-hybridized carbons (Fsp3) is 0.567. The highest BCUT2D eigenvalue weighted by molar-refractivity contribution is 5.77. The summed E-state index contributed by atoms with van der Waals surface area (Å²) in [6, 6.07) is 12.4. The van der Waals surface area contributed by atoms with Crippen molar-refractivity contribution < 1.29 is 18.0 Å². The molecule has 2 fully saturated rings. The number of carbonyl (C=O) groups is 1. The Morgan fingerprint density at radius 1 is 0.789 bits per heavy atom. The molecule has 2 saturated heterocycles. The second kappa shape index (κ2) is 12.1. The molecule has 0 N–H and O–H groups in total. The number of amides is 1. The van der Waals surface area contributed by atoms with Crippen LogP contribution in [-0.4, -0.2) is 66.4 Å². The van der Waals surface area contributed by atoms with Gasteiger partial charge in [0.1, 0.15) is 0 Å². The predicted octanol–water partition coefficient (Wildman–Crippen LogP) is 5.53. The van der Waals surface area contributed by atoms with Crippen LogP contribution in [0, 0.1) is 0 Å². The maximum atomic E-state index is 13.0. The minimum Gasteiger partial charge on any atom is -0.369 e. The molecule has 0 aromatic heterocycles. The highest BCUT2D eigenvalue weighted by atomic mass is 19.4. The molecule has 3 heterocycles. The highest BCUT2D eigenvalue weighted by Crippen LogP contribution is 2.32. The molecule has 5 nitrogen and oxygen atoms in total. The molecule has 1 amide bonds. The molecule has 2 aromatic rings. The lowest BCUT2D eigenvalue weighted by molar-refractivity contribution is -0.137. The van der Waals surface area contributed by atoms with Crippen molar-refractivity contribution in [3.8, 4) is 0 Å². The maximum Gasteiger partial charge on any atom is 0.416 e. The normalized spacial score (nSPS) is 18.8. The lowest BCUT2D eigenvalue weighted by atomic mass is 10.1. The van der Waals surface area contributed by atoms with Crippen LogP contribution in [0.5, 0.6) is 0 Å². The lowest BCUT2D eigenvalue weighted by Gasteiger charge is -2.36. The van der Waals surface area contributed by atoms with E-state index in [1.54, 1.807) is 6.07 Å². The zero-order chi connectivity index (χ0) is 26.5. The average Bonchev–Trinajstić information content (AvgIpc) is 3.58. The van der Waals surface area contributed by atoms with E-state index in [1.807, 2.05) is 9.80 Å². The molecule has 0 bridgehead atoms. The number of carbonyl (C=O) groups excluding carboxylic acids is 1. The van der Waals surface area contributed by atoms with Crippen LogP contribution in [0.3, 0.4) is 0 Å². The Balaban J connectivity index is 0.975. The van der Waals surface area contributed by atoms with Crippen molar-refractivity contribution in [3.63, 3.8) is 0 Å². The Labute approximate surface area is 224 Å². The van der Waals surface area contributed by atoms with Gasteiger partial charge >= 0.3 is 6.18 Å². The second-order valence-electron chi connectivity index (χ2n) is 11.0. The topological polar surface area (TPSA) is 30.0 Å². The summed E-state index contributed by atoms with van der Waals surface area (Å²) in [4.78, 5) is 21.8. The van der Waals surface area contributed by atoms with E-state index in [0.717, 1.165) is 77.7 Å². The zero-order valence-corrected chi connectivity index (χ0v) is 22.2. The summed E-state index contributed by atoms with van der Waals surface area (Å²) in [5.41, 5.74) is 4.00. The van der Waals surface area contributed by atoms with Crippen molar-refractivity contribution in [2.24, 2.45) is 0 Å². The number of likely N-dealkylation sites (tertiary alicyclic amines) is 1. The molecular formula is C30H39F3N4O. The number of anilines is 1. The number of hydrogen-bond donors (Lipinski definition) is 0. The average molecular weight is 529 g/mol. The number of benzene rings is 2. The van der Waals surface area contributed by atoms with Gasteiger partial charge in [-0.15, -0.1) is 0 Å². The van der Waals surface area contributed by atoms with Crippen molar-refractivity contribution in [2.75, 3.05) is 50.7 Å². The molecule has 2 aromatic carbocycles. The molecule has 0 atom stereocenters. The number of halogens is 3. The van der Waals surface area contributed by atoms with Crippen LogP contribution in [0.4, 0.5) is 18.9 Å². The Morgan fingerprint density at radius 2 is 1.55 bits per heavy atom. The molecule has 3 aliphatic heterocycles. The summed E-state index contributed by atoms with van der Waals surface area (Å²) in [7, 11) is 0. The first-order valence-electron chi connectivity index (χ1n) is 14.1. The lowest BCUT2D eigenvalue weighted by Crippen LogP contribution is -2.46. The third kappa shape index (κ3) is 6.89. The van der Waals surface area contributed by atoms with Crippen LogP contribution >= 0.6 is 0 Å². The first-order chi connectivity index (χ1) is 18.3. The summed E-state index contributed by atoms with van der Waals surface area (Å²) in [5.74, 6) is 0.247. The maximum absolute atomic E-state index is 13.0. The standard InChI is InChI=1S/C30H39F3N4O/c31-30(32,33)27-7-6-8-28(20-27)36-17-15-34(16-18-36)12-3-1-2-9-29(38)37-22-25-11-10-24(19-26(25)23-37)21-35-13-4-5-14-35/h6-8,10-11,19-20H,1-5,9,12-18,21-23H2. The van der Waals surface area contributed by atoms with Gasteiger partial charge in [0.2, 0.25) is 5.91 Å². The van der Waals surface area contributed by atoms with Gasteiger partial charge in [-0.05, 0) is 80.2 Å². The number of rotatable bonds is 9. The quantitative estimate of drug-likeness (QED) is 0.401. The van der Waals surface area contributed by atoms with Crippen LogP contribution < -0.4 is 4.90 Å². The van der Waals surface area contributed by atoms with E-state index >= 15 is 0 Å².